The molecule has 1 fully saturated rings. The van der Waals surface area contributed by atoms with Crippen LogP contribution in [0.5, 0.6) is 0 Å². The predicted molar refractivity (Wildman–Crippen MR) is 97.2 cm³/mol. The van der Waals surface area contributed by atoms with E-state index in [1.807, 2.05) is 0 Å². The van der Waals surface area contributed by atoms with Crippen LogP contribution in [0.25, 0.3) is 0 Å². The number of ether oxygens (including phenoxy) is 1. The second-order valence-electron chi connectivity index (χ2n) is 6.64. The summed E-state index contributed by atoms with van der Waals surface area (Å²) in [5.41, 5.74) is 0.413. The normalized spacial score (nSPS) is 18.4. The van der Waals surface area contributed by atoms with Gasteiger partial charge in [-0.2, -0.15) is 18.3 Å². The molecule has 1 saturated heterocycles. The number of hydrogen-bond donors (Lipinski definition) is 2. The lowest BCUT2D eigenvalue weighted by atomic mass is 9.92. The van der Waals surface area contributed by atoms with E-state index in [0.29, 0.717) is 36.8 Å². The molecule has 1 atom stereocenters. The molecule has 0 aromatic carbocycles. The van der Waals surface area contributed by atoms with Crippen LogP contribution in [-0.2, 0) is 17.5 Å². The zero-order valence-corrected chi connectivity index (χ0v) is 16.2. The van der Waals surface area contributed by atoms with E-state index in [1.165, 1.54) is 6.20 Å². The molecule has 3 heterocycles. The van der Waals surface area contributed by atoms with E-state index in [2.05, 4.69) is 25.4 Å². The highest BCUT2D eigenvalue weighted by Gasteiger charge is 2.34. The monoisotopic (exact) mass is 417 g/mol. The Morgan fingerprint density at radius 2 is 2.32 bits per heavy atom. The van der Waals surface area contributed by atoms with Gasteiger partial charge in [-0.15, -0.1) is 11.3 Å². The molecule has 1 aliphatic rings. The minimum atomic E-state index is -4.42. The quantitative estimate of drug-likeness (QED) is 0.677. The number of halogens is 3. The van der Waals surface area contributed by atoms with Crippen molar-refractivity contribution in [2.45, 2.75) is 31.5 Å². The molecule has 7 nitrogen and oxygen atoms in total. The molecule has 2 aromatic heterocycles. The number of likely N-dealkylation sites (tertiary alicyclic amines) is 1. The molecule has 2 N–H and O–H groups in total. The second kappa shape index (κ2) is 9.01. The smallest absolute Gasteiger partial charge is 0.383 e. The number of nitrogens with one attached hydrogen (secondary N) is 2. The molecule has 154 valence electrons. The van der Waals surface area contributed by atoms with Crippen molar-refractivity contribution in [2.24, 2.45) is 0 Å². The van der Waals surface area contributed by atoms with Gasteiger partial charge in [0.15, 0.2) is 5.69 Å². The molecule has 2 aromatic rings. The van der Waals surface area contributed by atoms with Crippen molar-refractivity contribution < 1.29 is 22.7 Å². The summed E-state index contributed by atoms with van der Waals surface area (Å²) in [6, 6.07) is 0. The lowest BCUT2D eigenvalue weighted by Gasteiger charge is -2.32. The van der Waals surface area contributed by atoms with Crippen molar-refractivity contribution in [2.75, 3.05) is 33.4 Å². The number of aromatic nitrogens is 3. The predicted octanol–water partition coefficient (Wildman–Crippen LogP) is 2.64. The van der Waals surface area contributed by atoms with E-state index in [9.17, 15) is 18.0 Å². The first-order valence-electron chi connectivity index (χ1n) is 8.93. The molecule has 0 aliphatic carbocycles. The van der Waals surface area contributed by atoms with Gasteiger partial charge < -0.3 is 10.1 Å². The Morgan fingerprint density at radius 3 is 3.04 bits per heavy atom. The molecular formula is C17H22F3N5O2S. The van der Waals surface area contributed by atoms with Crippen molar-refractivity contribution in [3.05, 3.63) is 33.5 Å². The highest BCUT2D eigenvalue weighted by molar-refractivity contribution is 7.09. The van der Waals surface area contributed by atoms with Crippen molar-refractivity contribution >= 4 is 17.2 Å². The van der Waals surface area contributed by atoms with E-state index in [0.717, 1.165) is 41.8 Å². The SMILES string of the molecule is COCCNC(=O)c1cn[nH]c1C1CCCN(Cc2nc(C(F)(F)F)cs2)C1. The maximum absolute atomic E-state index is 12.7. The number of hydrogen-bond acceptors (Lipinski definition) is 6. The third-order valence-electron chi connectivity index (χ3n) is 4.62. The van der Waals surface area contributed by atoms with Crippen LogP contribution in [0, 0.1) is 0 Å². The van der Waals surface area contributed by atoms with Crippen LogP contribution < -0.4 is 5.32 Å². The summed E-state index contributed by atoms with van der Waals surface area (Å²) >= 11 is 1.02. The van der Waals surface area contributed by atoms with Crippen LogP contribution >= 0.6 is 11.3 Å². The fourth-order valence-electron chi connectivity index (χ4n) is 3.29. The lowest BCUT2D eigenvalue weighted by molar-refractivity contribution is -0.140. The van der Waals surface area contributed by atoms with Gasteiger partial charge in [0.05, 0.1) is 30.6 Å². The molecule has 0 saturated carbocycles. The Labute approximate surface area is 164 Å². The average Bonchev–Trinajstić information content (AvgIpc) is 3.31. The molecule has 1 amide bonds. The van der Waals surface area contributed by atoms with Crippen molar-refractivity contribution in [3.8, 4) is 0 Å². The van der Waals surface area contributed by atoms with Crippen molar-refractivity contribution in [1.82, 2.24) is 25.4 Å². The number of alkyl halides is 3. The van der Waals surface area contributed by atoms with Gasteiger partial charge in [-0.05, 0) is 19.4 Å². The Kier molecular flexibility index (Phi) is 6.68. The lowest BCUT2D eigenvalue weighted by Crippen LogP contribution is -2.35. The van der Waals surface area contributed by atoms with E-state index < -0.39 is 11.9 Å². The largest absolute Gasteiger partial charge is 0.434 e. The number of methoxy groups -OCH3 is 1. The van der Waals surface area contributed by atoms with Gasteiger partial charge in [0, 0.05) is 31.5 Å². The number of rotatable bonds is 7. The molecule has 0 bridgehead atoms. The Bertz CT molecular complexity index is 792. The van der Waals surface area contributed by atoms with Crippen molar-refractivity contribution in [1.29, 1.82) is 0 Å². The number of nitrogens with zero attached hydrogens (tertiary/aromatic N) is 3. The molecule has 0 spiro atoms. The van der Waals surface area contributed by atoms with Gasteiger partial charge >= 0.3 is 6.18 Å². The zero-order chi connectivity index (χ0) is 20.1. The number of carbonyl (C=O) groups is 1. The molecule has 3 rings (SSSR count). The van der Waals surface area contributed by atoms with Crippen LogP contribution in [0.2, 0.25) is 0 Å². The van der Waals surface area contributed by atoms with Crippen molar-refractivity contribution in [3.63, 3.8) is 0 Å². The average molecular weight is 417 g/mol. The number of thiazole rings is 1. The molecule has 0 radical (unpaired) electrons. The highest BCUT2D eigenvalue weighted by atomic mass is 32.1. The number of aromatic amines is 1. The standard InChI is InChI=1S/C17H22F3N5O2S/c1-27-6-4-21-16(26)12-7-22-24-15(12)11-3-2-5-25(8-11)9-14-23-13(10-28-14)17(18,19)20/h7,10-11H,2-6,8-9H2,1H3,(H,21,26)(H,22,24). The van der Waals surface area contributed by atoms with E-state index in [-0.39, 0.29) is 11.8 Å². The van der Waals surface area contributed by atoms with Crippen LogP contribution in [0.3, 0.4) is 0 Å². The Morgan fingerprint density at radius 1 is 1.50 bits per heavy atom. The van der Waals surface area contributed by atoms with E-state index in [4.69, 9.17) is 4.74 Å². The first-order valence-corrected chi connectivity index (χ1v) is 9.80. The zero-order valence-electron chi connectivity index (χ0n) is 15.4. The fourth-order valence-corrected chi connectivity index (χ4v) is 4.13. The molecule has 1 aliphatic heterocycles. The van der Waals surface area contributed by atoms with Gasteiger partial charge in [0.25, 0.3) is 5.91 Å². The molecular weight excluding hydrogens is 395 g/mol. The first-order chi connectivity index (χ1) is 13.4. The summed E-state index contributed by atoms with van der Waals surface area (Å²) < 4.78 is 43.1. The topological polar surface area (TPSA) is 83.1 Å². The van der Waals surface area contributed by atoms with Crippen LogP contribution in [-0.4, -0.2) is 59.3 Å². The fraction of sp³-hybridized carbons (Fsp3) is 0.588. The highest BCUT2D eigenvalue weighted by Crippen LogP contribution is 2.32. The number of H-pyrrole nitrogens is 1. The van der Waals surface area contributed by atoms with Gasteiger partial charge in [-0.1, -0.05) is 0 Å². The summed E-state index contributed by atoms with van der Waals surface area (Å²) in [6.07, 6.45) is -1.15. The number of piperidine rings is 1. The maximum Gasteiger partial charge on any atom is 0.434 e. The molecule has 11 heteroatoms. The van der Waals surface area contributed by atoms with E-state index >= 15 is 0 Å². The first kappa shape index (κ1) is 20.7. The number of amides is 1. The molecule has 28 heavy (non-hydrogen) atoms. The minimum Gasteiger partial charge on any atom is -0.383 e. The van der Waals surface area contributed by atoms with Crippen LogP contribution in [0.4, 0.5) is 13.2 Å². The van der Waals surface area contributed by atoms with Gasteiger partial charge in [0.2, 0.25) is 0 Å². The van der Waals surface area contributed by atoms with Crippen LogP contribution in [0.1, 0.15) is 45.5 Å². The summed E-state index contributed by atoms with van der Waals surface area (Å²) in [6.45, 7) is 2.59. The Balaban J connectivity index is 1.63. The third kappa shape index (κ3) is 5.09. The van der Waals surface area contributed by atoms with Gasteiger partial charge in [-0.3, -0.25) is 14.8 Å². The van der Waals surface area contributed by atoms with Gasteiger partial charge in [-0.25, -0.2) is 4.98 Å². The summed E-state index contributed by atoms with van der Waals surface area (Å²) in [7, 11) is 1.56. The second-order valence-corrected chi connectivity index (χ2v) is 7.59. The van der Waals surface area contributed by atoms with Crippen LogP contribution in [0.15, 0.2) is 11.6 Å². The summed E-state index contributed by atoms with van der Waals surface area (Å²) in [5, 5.41) is 11.2. The maximum atomic E-state index is 12.7. The molecule has 1 unspecified atom stereocenters. The van der Waals surface area contributed by atoms with E-state index in [1.54, 1.807) is 7.11 Å². The number of carbonyl (C=O) groups excluding carboxylic acids is 1. The Hall–Kier alpha value is -1.98. The minimum absolute atomic E-state index is 0.0569. The summed E-state index contributed by atoms with van der Waals surface area (Å²) in [5.74, 6) is -0.158. The summed E-state index contributed by atoms with van der Waals surface area (Å²) in [4.78, 5) is 18.1. The third-order valence-corrected chi connectivity index (χ3v) is 5.45. The van der Waals surface area contributed by atoms with Gasteiger partial charge in [0.1, 0.15) is 5.01 Å².